The average Bonchev–Trinajstić information content (AvgIpc) is 2.81. The van der Waals surface area contributed by atoms with Gasteiger partial charge in [0.25, 0.3) is 0 Å². The molecule has 1 aromatic carbocycles. The van der Waals surface area contributed by atoms with Crippen molar-refractivity contribution in [3.63, 3.8) is 0 Å². The van der Waals surface area contributed by atoms with Gasteiger partial charge in [0.2, 0.25) is 0 Å². The van der Waals surface area contributed by atoms with E-state index < -0.39 is 0 Å². The minimum absolute atomic E-state index is 0.668. The lowest BCUT2D eigenvalue weighted by molar-refractivity contribution is 0.112. The lowest BCUT2D eigenvalue weighted by atomic mass is 10.2. The minimum Gasteiger partial charge on any atom is -0.497 e. The molecule has 0 bridgehead atoms. The van der Waals surface area contributed by atoms with E-state index in [1.807, 2.05) is 35.9 Å². The van der Waals surface area contributed by atoms with Crippen molar-refractivity contribution in [1.82, 2.24) is 9.78 Å². The first-order chi connectivity index (χ1) is 8.78. The summed E-state index contributed by atoms with van der Waals surface area (Å²) in [6.45, 7) is 2.69. The van der Waals surface area contributed by atoms with Crippen LogP contribution in [-0.4, -0.2) is 23.2 Å². The molecule has 0 unspecified atom stereocenters. The van der Waals surface area contributed by atoms with E-state index >= 15 is 0 Å². The van der Waals surface area contributed by atoms with E-state index in [1.54, 1.807) is 13.3 Å². The predicted octanol–water partition coefficient (Wildman–Crippen LogP) is 2.31. The summed E-state index contributed by atoms with van der Waals surface area (Å²) >= 11 is 0. The second-order valence-electron chi connectivity index (χ2n) is 4.02. The van der Waals surface area contributed by atoms with Crippen molar-refractivity contribution in [2.75, 3.05) is 7.11 Å². The van der Waals surface area contributed by atoms with Gasteiger partial charge in [-0.1, -0.05) is 19.1 Å². The fraction of sp³-hybridized carbons (Fsp3) is 0.286. The lowest BCUT2D eigenvalue weighted by Gasteiger charge is -2.07. The zero-order valence-corrected chi connectivity index (χ0v) is 10.6. The van der Waals surface area contributed by atoms with Crippen molar-refractivity contribution >= 4 is 6.29 Å². The summed E-state index contributed by atoms with van der Waals surface area (Å²) in [4.78, 5) is 10.9. The minimum atomic E-state index is 0.668. The van der Waals surface area contributed by atoms with Crippen LogP contribution in [0, 0.1) is 0 Å². The van der Waals surface area contributed by atoms with Gasteiger partial charge >= 0.3 is 0 Å². The van der Waals surface area contributed by atoms with Gasteiger partial charge in [-0.25, -0.2) is 0 Å². The first-order valence-corrected chi connectivity index (χ1v) is 5.91. The molecule has 0 saturated heterocycles. The highest BCUT2D eigenvalue weighted by atomic mass is 16.5. The van der Waals surface area contributed by atoms with Crippen LogP contribution in [0.1, 0.15) is 28.5 Å². The maximum Gasteiger partial charge on any atom is 0.153 e. The maximum absolute atomic E-state index is 10.9. The van der Waals surface area contributed by atoms with Gasteiger partial charge in [-0.2, -0.15) is 5.10 Å². The third-order valence-electron chi connectivity index (χ3n) is 2.93. The lowest BCUT2D eigenvalue weighted by Crippen LogP contribution is -2.06. The SMILES string of the molecule is CCc1c(C=O)cnn1Cc1ccc(OC)cc1. The van der Waals surface area contributed by atoms with E-state index in [1.165, 1.54) is 0 Å². The fourth-order valence-corrected chi connectivity index (χ4v) is 1.95. The quantitative estimate of drug-likeness (QED) is 0.758. The molecule has 2 aromatic rings. The summed E-state index contributed by atoms with van der Waals surface area (Å²) in [5.41, 5.74) is 2.78. The Morgan fingerprint density at radius 3 is 2.61 bits per heavy atom. The highest BCUT2D eigenvalue weighted by Gasteiger charge is 2.08. The summed E-state index contributed by atoms with van der Waals surface area (Å²) in [6, 6.07) is 7.84. The number of hydrogen-bond acceptors (Lipinski definition) is 3. The smallest absolute Gasteiger partial charge is 0.153 e. The molecule has 1 aromatic heterocycles. The van der Waals surface area contributed by atoms with Gasteiger partial charge in [0.15, 0.2) is 6.29 Å². The molecule has 0 radical (unpaired) electrons. The van der Waals surface area contributed by atoms with Crippen LogP contribution in [-0.2, 0) is 13.0 Å². The number of methoxy groups -OCH3 is 1. The van der Waals surface area contributed by atoms with E-state index in [-0.39, 0.29) is 0 Å². The van der Waals surface area contributed by atoms with Crippen LogP contribution < -0.4 is 4.74 Å². The number of rotatable bonds is 5. The molecule has 0 saturated carbocycles. The van der Waals surface area contributed by atoms with Crippen LogP contribution in [0.15, 0.2) is 30.5 Å². The second-order valence-corrected chi connectivity index (χ2v) is 4.02. The molecule has 4 nitrogen and oxygen atoms in total. The summed E-state index contributed by atoms with van der Waals surface area (Å²) < 4.78 is 6.98. The third-order valence-corrected chi connectivity index (χ3v) is 2.93. The Bertz CT molecular complexity index is 529. The van der Waals surface area contributed by atoms with Crippen LogP contribution >= 0.6 is 0 Å². The molecule has 4 heteroatoms. The first kappa shape index (κ1) is 12.4. The molecular formula is C14H16N2O2. The van der Waals surface area contributed by atoms with Crippen LogP contribution in [0.3, 0.4) is 0 Å². The molecule has 2 rings (SSSR count). The van der Waals surface area contributed by atoms with Crippen molar-refractivity contribution in [2.24, 2.45) is 0 Å². The van der Waals surface area contributed by atoms with Crippen molar-refractivity contribution < 1.29 is 9.53 Å². The van der Waals surface area contributed by atoms with Crippen molar-refractivity contribution in [1.29, 1.82) is 0 Å². The van der Waals surface area contributed by atoms with Gasteiger partial charge in [0.1, 0.15) is 5.75 Å². The normalized spacial score (nSPS) is 10.3. The third kappa shape index (κ3) is 2.42. The van der Waals surface area contributed by atoms with Gasteiger partial charge in [-0.15, -0.1) is 0 Å². The molecule has 94 valence electrons. The van der Waals surface area contributed by atoms with Crippen molar-refractivity contribution in [3.8, 4) is 5.75 Å². The zero-order chi connectivity index (χ0) is 13.0. The largest absolute Gasteiger partial charge is 0.497 e. The highest BCUT2D eigenvalue weighted by Crippen LogP contribution is 2.14. The van der Waals surface area contributed by atoms with Gasteiger partial charge in [0, 0.05) is 5.69 Å². The molecule has 0 aliphatic rings. The molecule has 18 heavy (non-hydrogen) atoms. The van der Waals surface area contributed by atoms with Gasteiger partial charge < -0.3 is 4.74 Å². The number of aldehydes is 1. The number of aromatic nitrogens is 2. The maximum atomic E-state index is 10.9. The van der Waals surface area contributed by atoms with Crippen LogP contribution in [0.25, 0.3) is 0 Å². The topological polar surface area (TPSA) is 44.1 Å². The number of ether oxygens (including phenoxy) is 1. The van der Waals surface area contributed by atoms with Crippen molar-refractivity contribution in [2.45, 2.75) is 19.9 Å². The van der Waals surface area contributed by atoms with Crippen LogP contribution in [0.5, 0.6) is 5.75 Å². The fourth-order valence-electron chi connectivity index (χ4n) is 1.95. The standard InChI is InChI=1S/C14H16N2O2/c1-3-14-12(10-17)8-15-16(14)9-11-4-6-13(18-2)7-5-11/h4-8,10H,3,9H2,1-2H3. The second kappa shape index (κ2) is 5.49. The summed E-state index contributed by atoms with van der Waals surface area (Å²) in [7, 11) is 1.65. The van der Waals surface area contributed by atoms with Gasteiger partial charge in [-0.3, -0.25) is 9.48 Å². The van der Waals surface area contributed by atoms with Gasteiger partial charge in [0.05, 0.1) is 25.4 Å². The molecule has 0 fully saturated rings. The van der Waals surface area contributed by atoms with E-state index in [0.717, 1.165) is 29.7 Å². The monoisotopic (exact) mass is 244 g/mol. The number of benzene rings is 1. The van der Waals surface area contributed by atoms with E-state index in [0.29, 0.717) is 12.1 Å². The van der Waals surface area contributed by atoms with Crippen LogP contribution in [0.4, 0.5) is 0 Å². The van der Waals surface area contributed by atoms with E-state index in [9.17, 15) is 4.79 Å². The first-order valence-electron chi connectivity index (χ1n) is 5.91. The molecule has 0 N–H and O–H groups in total. The molecule has 0 spiro atoms. The molecule has 0 amide bonds. The summed E-state index contributed by atoms with van der Waals surface area (Å²) in [5.74, 6) is 0.837. The van der Waals surface area contributed by atoms with Crippen LogP contribution in [0.2, 0.25) is 0 Å². The summed E-state index contributed by atoms with van der Waals surface area (Å²) in [6.07, 6.45) is 3.27. The summed E-state index contributed by atoms with van der Waals surface area (Å²) in [5, 5.41) is 4.25. The molecular weight excluding hydrogens is 228 g/mol. The molecule has 0 aliphatic carbocycles. The number of hydrogen-bond donors (Lipinski definition) is 0. The predicted molar refractivity (Wildman–Crippen MR) is 69.1 cm³/mol. The highest BCUT2D eigenvalue weighted by molar-refractivity contribution is 5.76. The Morgan fingerprint density at radius 1 is 1.33 bits per heavy atom. The molecule has 0 atom stereocenters. The van der Waals surface area contributed by atoms with E-state index in [4.69, 9.17) is 4.74 Å². The molecule has 0 aliphatic heterocycles. The number of carbonyl (C=O) groups is 1. The van der Waals surface area contributed by atoms with Gasteiger partial charge in [-0.05, 0) is 24.1 Å². The Kier molecular flexibility index (Phi) is 3.77. The Hall–Kier alpha value is -2.10. The van der Waals surface area contributed by atoms with E-state index in [2.05, 4.69) is 5.10 Å². The van der Waals surface area contributed by atoms with Crippen molar-refractivity contribution in [3.05, 3.63) is 47.3 Å². The Labute approximate surface area is 106 Å². The Morgan fingerprint density at radius 2 is 2.06 bits per heavy atom. The number of nitrogens with zero attached hydrogens (tertiary/aromatic N) is 2. The Balaban J connectivity index is 2.22. The zero-order valence-electron chi connectivity index (χ0n) is 10.6. The average molecular weight is 244 g/mol. The molecule has 1 heterocycles. The number of carbonyl (C=O) groups excluding carboxylic acids is 1.